The molecule has 1 saturated heterocycles. The fraction of sp³-hybridized carbons (Fsp3) is 0.769. The maximum absolute atomic E-state index is 11.9. The summed E-state index contributed by atoms with van der Waals surface area (Å²) >= 11 is 0. The van der Waals surface area contributed by atoms with Gasteiger partial charge >= 0.3 is 18.0 Å². The van der Waals surface area contributed by atoms with Crippen LogP contribution in [0.25, 0.3) is 0 Å². The Labute approximate surface area is 123 Å². The first-order valence-corrected chi connectivity index (χ1v) is 6.80. The summed E-state index contributed by atoms with van der Waals surface area (Å²) in [6, 6.07) is -1.98. The summed E-state index contributed by atoms with van der Waals surface area (Å²) in [5.74, 6) is -2.14. The molecule has 0 radical (unpaired) electrons. The fourth-order valence-electron chi connectivity index (χ4n) is 2.14. The number of amides is 2. The Morgan fingerprint density at radius 1 is 1.33 bits per heavy atom. The average Bonchev–Trinajstić information content (AvgIpc) is 2.84. The quantitative estimate of drug-likeness (QED) is 0.594. The summed E-state index contributed by atoms with van der Waals surface area (Å²) in [6.07, 6.45) is 0.434. The third kappa shape index (κ3) is 5.22. The van der Waals surface area contributed by atoms with Gasteiger partial charge in [-0.1, -0.05) is 13.8 Å². The van der Waals surface area contributed by atoms with E-state index in [2.05, 4.69) is 15.4 Å². The maximum atomic E-state index is 11.9. The first-order chi connectivity index (χ1) is 9.85. The first-order valence-electron chi connectivity index (χ1n) is 6.80. The second kappa shape index (κ2) is 7.82. The molecule has 0 aromatic heterocycles. The van der Waals surface area contributed by atoms with Crippen LogP contribution in [0.15, 0.2) is 0 Å². The van der Waals surface area contributed by atoms with E-state index >= 15 is 0 Å². The van der Waals surface area contributed by atoms with Crippen LogP contribution in [0.1, 0.15) is 20.3 Å². The van der Waals surface area contributed by atoms with Crippen molar-refractivity contribution in [3.8, 4) is 0 Å². The Kier molecular flexibility index (Phi) is 6.41. The highest BCUT2D eigenvalue weighted by Crippen LogP contribution is 2.14. The number of ether oxygens (including phenoxy) is 2. The number of carboxylic acid groups (broad SMARTS) is 1. The number of rotatable bonds is 6. The number of aliphatic carboxylic acids is 1. The van der Waals surface area contributed by atoms with Crippen molar-refractivity contribution in [2.75, 3.05) is 20.3 Å². The first kappa shape index (κ1) is 17.2. The standard InChI is InChI=1S/C13H22N2O6/c1-7(2)4-9(12(18)20-3)14-13(19)15-10-6-21-5-8(10)11(16)17/h7-10H,4-6H2,1-3H3,(H,16,17)(H2,14,15,19). The molecule has 3 atom stereocenters. The van der Waals surface area contributed by atoms with Gasteiger partial charge in [0.2, 0.25) is 0 Å². The van der Waals surface area contributed by atoms with Gasteiger partial charge in [0.1, 0.15) is 12.0 Å². The largest absolute Gasteiger partial charge is 0.481 e. The molecule has 0 aromatic rings. The highest BCUT2D eigenvalue weighted by Gasteiger charge is 2.35. The molecule has 1 aliphatic heterocycles. The van der Waals surface area contributed by atoms with E-state index in [9.17, 15) is 14.4 Å². The van der Waals surface area contributed by atoms with Crippen molar-refractivity contribution in [1.82, 2.24) is 10.6 Å². The zero-order valence-corrected chi connectivity index (χ0v) is 12.4. The van der Waals surface area contributed by atoms with Crippen molar-refractivity contribution in [2.24, 2.45) is 11.8 Å². The van der Waals surface area contributed by atoms with Crippen LogP contribution in [0.3, 0.4) is 0 Å². The summed E-state index contributed by atoms with van der Waals surface area (Å²) < 4.78 is 9.70. The molecule has 0 aliphatic carbocycles. The number of methoxy groups -OCH3 is 1. The topological polar surface area (TPSA) is 114 Å². The lowest BCUT2D eigenvalue weighted by Crippen LogP contribution is -2.52. The molecule has 0 aromatic carbocycles. The second-order valence-electron chi connectivity index (χ2n) is 5.41. The van der Waals surface area contributed by atoms with Gasteiger partial charge in [-0.15, -0.1) is 0 Å². The predicted molar refractivity (Wildman–Crippen MR) is 72.7 cm³/mol. The van der Waals surface area contributed by atoms with Crippen LogP contribution in [0.2, 0.25) is 0 Å². The number of carboxylic acids is 1. The third-order valence-electron chi connectivity index (χ3n) is 3.21. The lowest BCUT2D eigenvalue weighted by molar-refractivity contribution is -0.144. The fourth-order valence-corrected chi connectivity index (χ4v) is 2.14. The van der Waals surface area contributed by atoms with E-state index in [-0.39, 0.29) is 19.1 Å². The zero-order valence-electron chi connectivity index (χ0n) is 12.4. The predicted octanol–water partition coefficient (Wildman–Crippen LogP) is -0.0271. The lowest BCUT2D eigenvalue weighted by atomic mass is 10.0. The number of esters is 1. The zero-order chi connectivity index (χ0) is 16.0. The van der Waals surface area contributed by atoms with Crippen LogP contribution in [0.4, 0.5) is 4.79 Å². The lowest BCUT2D eigenvalue weighted by Gasteiger charge is -2.21. The van der Waals surface area contributed by atoms with Crippen LogP contribution in [-0.2, 0) is 19.1 Å². The van der Waals surface area contributed by atoms with Gasteiger partial charge in [0.25, 0.3) is 0 Å². The minimum atomic E-state index is -1.02. The molecule has 8 nitrogen and oxygen atoms in total. The van der Waals surface area contributed by atoms with E-state index in [0.717, 1.165) is 0 Å². The molecule has 0 spiro atoms. The van der Waals surface area contributed by atoms with E-state index in [1.165, 1.54) is 7.11 Å². The third-order valence-corrected chi connectivity index (χ3v) is 3.21. The van der Waals surface area contributed by atoms with E-state index in [4.69, 9.17) is 9.84 Å². The molecule has 0 saturated carbocycles. The van der Waals surface area contributed by atoms with Crippen LogP contribution in [0, 0.1) is 11.8 Å². The second-order valence-corrected chi connectivity index (χ2v) is 5.41. The monoisotopic (exact) mass is 302 g/mol. The summed E-state index contributed by atoms with van der Waals surface area (Å²) in [7, 11) is 1.25. The maximum Gasteiger partial charge on any atom is 0.328 e. The Balaban J connectivity index is 2.57. The highest BCUT2D eigenvalue weighted by atomic mass is 16.5. The molecule has 2 amide bonds. The van der Waals surface area contributed by atoms with Crippen molar-refractivity contribution in [3.63, 3.8) is 0 Å². The molecule has 21 heavy (non-hydrogen) atoms. The molecule has 3 N–H and O–H groups in total. The Bertz CT molecular complexity index is 398. The molecule has 1 rings (SSSR count). The van der Waals surface area contributed by atoms with Crippen LogP contribution in [-0.4, -0.2) is 55.5 Å². The molecule has 0 bridgehead atoms. The number of carbonyl (C=O) groups excluding carboxylic acids is 2. The molecule has 1 heterocycles. The van der Waals surface area contributed by atoms with Gasteiger partial charge < -0.3 is 25.2 Å². The van der Waals surface area contributed by atoms with Crippen molar-refractivity contribution in [1.29, 1.82) is 0 Å². The van der Waals surface area contributed by atoms with Crippen molar-refractivity contribution in [3.05, 3.63) is 0 Å². The summed E-state index contributed by atoms with van der Waals surface area (Å²) in [5, 5.41) is 14.0. The molecule has 1 fully saturated rings. The molecule has 3 unspecified atom stereocenters. The van der Waals surface area contributed by atoms with Crippen LogP contribution in [0.5, 0.6) is 0 Å². The molecular formula is C13H22N2O6. The highest BCUT2D eigenvalue weighted by molar-refractivity contribution is 5.84. The number of hydrogen-bond donors (Lipinski definition) is 3. The minimum Gasteiger partial charge on any atom is -0.481 e. The summed E-state index contributed by atoms with van der Waals surface area (Å²) in [6.45, 7) is 4.03. The summed E-state index contributed by atoms with van der Waals surface area (Å²) in [4.78, 5) is 34.5. The minimum absolute atomic E-state index is 0.0622. The van der Waals surface area contributed by atoms with Crippen LogP contribution < -0.4 is 10.6 Å². The van der Waals surface area contributed by atoms with Crippen molar-refractivity contribution >= 4 is 18.0 Å². The number of nitrogens with one attached hydrogen (secondary N) is 2. The average molecular weight is 302 g/mol. The molecule has 1 aliphatic rings. The SMILES string of the molecule is COC(=O)C(CC(C)C)NC(=O)NC1COCC1C(=O)O. The Morgan fingerprint density at radius 3 is 2.52 bits per heavy atom. The van der Waals surface area contributed by atoms with E-state index in [1.54, 1.807) is 0 Å². The van der Waals surface area contributed by atoms with Gasteiger partial charge in [-0.3, -0.25) is 4.79 Å². The Morgan fingerprint density at radius 2 is 2.00 bits per heavy atom. The van der Waals surface area contributed by atoms with Crippen LogP contribution >= 0.6 is 0 Å². The van der Waals surface area contributed by atoms with Gasteiger partial charge in [-0.2, -0.15) is 0 Å². The van der Waals surface area contributed by atoms with Crippen molar-refractivity contribution < 1.29 is 29.0 Å². The van der Waals surface area contributed by atoms with Gasteiger partial charge in [-0.25, -0.2) is 9.59 Å². The van der Waals surface area contributed by atoms with E-state index < -0.39 is 36.0 Å². The molecular weight excluding hydrogens is 280 g/mol. The van der Waals surface area contributed by atoms with Gasteiger partial charge in [-0.05, 0) is 12.3 Å². The van der Waals surface area contributed by atoms with E-state index in [0.29, 0.717) is 6.42 Å². The number of carbonyl (C=O) groups is 3. The molecule has 8 heteroatoms. The van der Waals surface area contributed by atoms with Gasteiger partial charge in [0.15, 0.2) is 0 Å². The molecule has 120 valence electrons. The smallest absolute Gasteiger partial charge is 0.328 e. The summed E-state index contributed by atoms with van der Waals surface area (Å²) in [5.41, 5.74) is 0. The van der Waals surface area contributed by atoms with E-state index in [1.807, 2.05) is 13.8 Å². The Hall–Kier alpha value is -1.83. The normalized spacial score (nSPS) is 22.7. The number of urea groups is 1. The van der Waals surface area contributed by atoms with Gasteiger partial charge in [0.05, 0.1) is 26.4 Å². The number of hydrogen-bond acceptors (Lipinski definition) is 5. The van der Waals surface area contributed by atoms with Crippen molar-refractivity contribution in [2.45, 2.75) is 32.4 Å². The van der Waals surface area contributed by atoms with Gasteiger partial charge in [0, 0.05) is 0 Å².